The van der Waals surface area contributed by atoms with Crippen LogP contribution in [0.5, 0.6) is 0 Å². The van der Waals surface area contributed by atoms with E-state index >= 15 is 0 Å². The van der Waals surface area contributed by atoms with Crippen LogP contribution in [0.25, 0.3) is 0 Å². The maximum atomic E-state index is 3.51. The first-order valence-electron chi connectivity index (χ1n) is 7.08. The molecule has 0 fully saturated rings. The molecule has 2 heteroatoms. The second-order valence-corrected chi connectivity index (χ2v) is 5.49. The molecule has 0 heterocycles. The van der Waals surface area contributed by atoms with Gasteiger partial charge in [-0.15, -0.1) is 0 Å². The van der Waals surface area contributed by atoms with Crippen LogP contribution in [0.4, 0.5) is 5.69 Å². The van der Waals surface area contributed by atoms with Crippen molar-refractivity contribution in [2.45, 2.75) is 40.7 Å². The van der Waals surface area contributed by atoms with Gasteiger partial charge in [-0.2, -0.15) is 0 Å². The Labute approximate surface area is 112 Å². The molecule has 0 bridgehead atoms. The van der Waals surface area contributed by atoms with Crippen LogP contribution in [0.1, 0.15) is 33.3 Å². The monoisotopic (exact) mass is 248 g/mol. The summed E-state index contributed by atoms with van der Waals surface area (Å²) in [6, 6.07) is 9.22. The molecule has 0 saturated carbocycles. The molecule has 0 aliphatic heterocycles. The van der Waals surface area contributed by atoms with E-state index in [1.165, 1.54) is 11.3 Å². The SMILES string of the molecule is CCN(CC(C)CNC(C)C)c1ccccc1C. The minimum Gasteiger partial charge on any atom is -0.371 e. The van der Waals surface area contributed by atoms with Crippen LogP contribution in [0.3, 0.4) is 0 Å². The molecule has 1 rings (SSSR count). The summed E-state index contributed by atoms with van der Waals surface area (Å²) < 4.78 is 0. The van der Waals surface area contributed by atoms with Crippen LogP contribution in [0.15, 0.2) is 24.3 Å². The average molecular weight is 248 g/mol. The van der Waals surface area contributed by atoms with Gasteiger partial charge in [-0.3, -0.25) is 0 Å². The summed E-state index contributed by atoms with van der Waals surface area (Å²) in [6.45, 7) is 14.4. The van der Waals surface area contributed by atoms with Crippen molar-refractivity contribution in [3.05, 3.63) is 29.8 Å². The van der Waals surface area contributed by atoms with Crippen LogP contribution in [0.2, 0.25) is 0 Å². The lowest BCUT2D eigenvalue weighted by Gasteiger charge is -2.28. The highest BCUT2D eigenvalue weighted by Crippen LogP contribution is 2.20. The van der Waals surface area contributed by atoms with Gasteiger partial charge in [0, 0.05) is 24.8 Å². The van der Waals surface area contributed by atoms with Gasteiger partial charge in [0.05, 0.1) is 0 Å². The van der Waals surface area contributed by atoms with Gasteiger partial charge in [0.2, 0.25) is 0 Å². The summed E-state index contributed by atoms with van der Waals surface area (Å²) in [5.41, 5.74) is 2.74. The topological polar surface area (TPSA) is 15.3 Å². The molecule has 1 N–H and O–H groups in total. The molecule has 1 aromatic carbocycles. The fourth-order valence-electron chi connectivity index (χ4n) is 2.19. The Balaban J connectivity index is 2.59. The fraction of sp³-hybridized carbons (Fsp3) is 0.625. The van der Waals surface area contributed by atoms with Gasteiger partial charge in [0.25, 0.3) is 0 Å². The third-order valence-electron chi connectivity index (χ3n) is 3.24. The van der Waals surface area contributed by atoms with E-state index in [1.807, 2.05) is 0 Å². The summed E-state index contributed by atoms with van der Waals surface area (Å²) in [5.74, 6) is 0.659. The number of benzene rings is 1. The molecule has 0 aliphatic carbocycles. The predicted octanol–water partition coefficient (Wildman–Crippen LogP) is 3.46. The summed E-state index contributed by atoms with van der Waals surface area (Å²) >= 11 is 0. The number of para-hydroxylation sites is 1. The van der Waals surface area contributed by atoms with E-state index in [2.05, 4.69) is 69.1 Å². The standard InChI is InChI=1S/C16H28N2/c1-6-18(12-14(4)11-17-13(2)3)16-10-8-7-9-15(16)5/h7-10,13-14,17H,6,11-12H2,1-5H3. The first-order valence-corrected chi connectivity index (χ1v) is 7.08. The normalized spacial score (nSPS) is 12.8. The van der Waals surface area contributed by atoms with Crippen molar-refractivity contribution in [3.8, 4) is 0 Å². The van der Waals surface area contributed by atoms with Gasteiger partial charge < -0.3 is 10.2 Å². The van der Waals surface area contributed by atoms with E-state index in [0.29, 0.717) is 12.0 Å². The number of rotatable bonds is 7. The van der Waals surface area contributed by atoms with Crippen molar-refractivity contribution in [1.82, 2.24) is 5.32 Å². The smallest absolute Gasteiger partial charge is 0.0395 e. The Kier molecular flexibility index (Phi) is 6.20. The van der Waals surface area contributed by atoms with Crippen LogP contribution in [-0.2, 0) is 0 Å². The minimum atomic E-state index is 0.570. The highest BCUT2D eigenvalue weighted by molar-refractivity contribution is 5.52. The zero-order valence-corrected chi connectivity index (χ0v) is 12.5. The fourth-order valence-corrected chi connectivity index (χ4v) is 2.19. The van der Waals surface area contributed by atoms with Crippen LogP contribution < -0.4 is 10.2 Å². The lowest BCUT2D eigenvalue weighted by molar-refractivity contribution is 0.473. The zero-order valence-electron chi connectivity index (χ0n) is 12.5. The third-order valence-corrected chi connectivity index (χ3v) is 3.24. The Hall–Kier alpha value is -1.02. The number of nitrogens with zero attached hydrogens (tertiary/aromatic N) is 1. The van der Waals surface area contributed by atoms with Gasteiger partial charge in [0.15, 0.2) is 0 Å². The van der Waals surface area contributed by atoms with E-state index in [9.17, 15) is 0 Å². The lowest BCUT2D eigenvalue weighted by Crippen LogP contribution is -2.35. The molecule has 0 saturated heterocycles. The molecular formula is C16H28N2. The van der Waals surface area contributed by atoms with Crippen molar-refractivity contribution >= 4 is 5.69 Å². The zero-order chi connectivity index (χ0) is 13.5. The lowest BCUT2D eigenvalue weighted by atomic mass is 10.1. The second kappa shape index (κ2) is 7.42. The highest BCUT2D eigenvalue weighted by atomic mass is 15.1. The Morgan fingerprint density at radius 3 is 2.39 bits per heavy atom. The van der Waals surface area contributed by atoms with Crippen LogP contribution >= 0.6 is 0 Å². The summed E-state index contributed by atoms with van der Waals surface area (Å²) in [5, 5.41) is 3.51. The molecule has 0 amide bonds. The molecule has 1 aromatic rings. The van der Waals surface area contributed by atoms with Gasteiger partial charge in [-0.1, -0.05) is 39.0 Å². The molecule has 102 valence electrons. The highest BCUT2D eigenvalue weighted by Gasteiger charge is 2.11. The van der Waals surface area contributed by atoms with Crippen molar-refractivity contribution < 1.29 is 0 Å². The number of nitrogens with one attached hydrogen (secondary N) is 1. The first kappa shape index (κ1) is 15.0. The molecule has 18 heavy (non-hydrogen) atoms. The summed E-state index contributed by atoms with van der Waals surface area (Å²) in [6.07, 6.45) is 0. The molecular weight excluding hydrogens is 220 g/mol. The van der Waals surface area contributed by atoms with Crippen LogP contribution in [-0.4, -0.2) is 25.7 Å². The quantitative estimate of drug-likeness (QED) is 0.795. The maximum Gasteiger partial charge on any atom is 0.0395 e. The Bertz CT molecular complexity index is 347. The van der Waals surface area contributed by atoms with Gasteiger partial charge in [0.1, 0.15) is 0 Å². The van der Waals surface area contributed by atoms with Crippen molar-refractivity contribution in [3.63, 3.8) is 0 Å². The maximum absolute atomic E-state index is 3.51. The van der Waals surface area contributed by atoms with Crippen molar-refractivity contribution in [2.24, 2.45) is 5.92 Å². The number of hydrogen-bond acceptors (Lipinski definition) is 2. The summed E-state index contributed by atoms with van der Waals surface area (Å²) in [7, 11) is 0. The number of hydrogen-bond donors (Lipinski definition) is 1. The summed E-state index contributed by atoms with van der Waals surface area (Å²) in [4.78, 5) is 2.47. The molecule has 0 spiro atoms. The molecule has 0 aliphatic rings. The third kappa shape index (κ3) is 4.69. The van der Waals surface area contributed by atoms with Gasteiger partial charge in [-0.05, 0) is 37.9 Å². The number of aryl methyl sites for hydroxylation is 1. The van der Waals surface area contributed by atoms with Gasteiger partial charge >= 0.3 is 0 Å². The first-order chi connectivity index (χ1) is 8.54. The van der Waals surface area contributed by atoms with E-state index in [0.717, 1.165) is 19.6 Å². The Morgan fingerprint density at radius 2 is 1.83 bits per heavy atom. The van der Waals surface area contributed by atoms with E-state index < -0.39 is 0 Å². The van der Waals surface area contributed by atoms with Crippen LogP contribution in [0, 0.1) is 12.8 Å². The van der Waals surface area contributed by atoms with E-state index in [4.69, 9.17) is 0 Å². The van der Waals surface area contributed by atoms with Crippen molar-refractivity contribution in [1.29, 1.82) is 0 Å². The average Bonchev–Trinajstić information content (AvgIpc) is 2.34. The van der Waals surface area contributed by atoms with E-state index in [-0.39, 0.29) is 0 Å². The molecule has 1 atom stereocenters. The Morgan fingerprint density at radius 1 is 1.17 bits per heavy atom. The molecule has 2 nitrogen and oxygen atoms in total. The largest absolute Gasteiger partial charge is 0.371 e. The van der Waals surface area contributed by atoms with Gasteiger partial charge in [-0.25, -0.2) is 0 Å². The predicted molar refractivity (Wildman–Crippen MR) is 81.4 cm³/mol. The molecule has 0 radical (unpaired) electrons. The van der Waals surface area contributed by atoms with Crippen molar-refractivity contribution in [2.75, 3.05) is 24.5 Å². The number of anilines is 1. The second-order valence-electron chi connectivity index (χ2n) is 5.49. The van der Waals surface area contributed by atoms with E-state index in [1.54, 1.807) is 0 Å². The minimum absolute atomic E-state index is 0.570. The molecule has 0 aromatic heterocycles. The molecule has 1 unspecified atom stereocenters.